The molecule has 4 rings (SSSR count). The van der Waals surface area contributed by atoms with Crippen molar-refractivity contribution in [2.75, 3.05) is 0 Å². The zero-order chi connectivity index (χ0) is 20.3. The van der Waals surface area contributed by atoms with E-state index in [-0.39, 0.29) is 5.41 Å². The highest BCUT2D eigenvalue weighted by molar-refractivity contribution is 6.90. The number of aryl methyl sites for hydroxylation is 1. The van der Waals surface area contributed by atoms with Crippen molar-refractivity contribution in [1.82, 2.24) is 4.98 Å². The Morgan fingerprint density at radius 1 is 0.964 bits per heavy atom. The molecule has 0 N–H and O–H groups in total. The van der Waals surface area contributed by atoms with Gasteiger partial charge in [0, 0.05) is 22.5 Å². The summed E-state index contributed by atoms with van der Waals surface area (Å²) in [5.41, 5.74) is 6.63. The van der Waals surface area contributed by atoms with Crippen LogP contribution < -0.4 is 5.19 Å². The summed E-state index contributed by atoms with van der Waals surface area (Å²) in [6, 6.07) is 15.1. The Balaban J connectivity index is 2.08. The number of hydrogen-bond donors (Lipinski definition) is 0. The van der Waals surface area contributed by atoms with Gasteiger partial charge in [0.05, 0.1) is 13.8 Å². The number of furan rings is 1. The van der Waals surface area contributed by atoms with Gasteiger partial charge < -0.3 is 4.42 Å². The maximum atomic E-state index is 6.41. The fourth-order valence-corrected chi connectivity index (χ4v) is 5.72. The summed E-state index contributed by atoms with van der Waals surface area (Å²) < 4.78 is 6.41. The molecule has 0 bridgehead atoms. The van der Waals surface area contributed by atoms with Gasteiger partial charge in [0.15, 0.2) is 0 Å². The molecule has 2 nitrogen and oxygen atoms in total. The van der Waals surface area contributed by atoms with Crippen LogP contribution in [0.4, 0.5) is 0 Å². The lowest BCUT2D eigenvalue weighted by atomic mass is 9.84. The van der Waals surface area contributed by atoms with Crippen LogP contribution in [0.15, 0.2) is 53.1 Å². The smallest absolute Gasteiger partial charge is 0.144 e. The summed E-state index contributed by atoms with van der Waals surface area (Å²) in [6.07, 6.45) is 2.00. The molecule has 0 aliphatic carbocycles. The molecule has 0 unspecified atom stereocenters. The average Bonchev–Trinajstić information content (AvgIpc) is 2.99. The minimum absolute atomic E-state index is 0.0764. The molecular weight excluding hydrogens is 358 g/mol. The Hall–Kier alpha value is -2.39. The maximum Gasteiger partial charge on any atom is 0.144 e. The van der Waals surface area contributed by atoms with E-state index in [0.29, 0.717) is 0 Å². The van der Waals surface area contributed by atoms with E-state index in [1.165, 1.54) is 27.1 Å². The first-order valence-electron chi connectivity index (χ1n) is 9.99. The number of benzene rings is 2. The van der Waals surface area contributed by atoms with Crippen LogP contribution in [0, 0.1) is 6.92 Å². The Bertz CT molecular complexity index is 1190. The van der Waals surface area contributed by atoms with E-state index in [1.54, 1.807) is 0 Å². The Kier molecular flexibility index (Phi) is 4.27. The summed E-state index contributed by atoms with van der Waals surface area (Å²) in [5.74, 6) is 0. The van der Waals surface area contributed by atoms with Crippen LogP contribution >= 0.6 is 0 Å². The van der Waals surface area contributed by atoms with Gasteiger partial charge in [-0.05, 0) is 46.9 Å². The van der Waals surface area contributed by atoms with E-state index >= 15 is 0 Å². The summed E-state index contributed by atoms with van der Waals surface area (Å²) in [6.45, 7) is 16.1. The number of aromatic nitrogens is 1. The van der Waals surface area contributed by atoms with E-state index in [4.69, 9.17) is 9.40 Å². The quantitative estimate of drug-likeness (QED) is 0.354. The zero-order valence-corrected chi connectivity index (χ0v) is 19.0. The van der Waals surface area contributed by atoms with Crippen molar-refractivity contribution in [2.45, 2.75) is 52.8 Å². The molecule has 0 amide bonds. The van der Waals surface area contributed by atoms with Crippen LogP contribution in [0.25, 0.3) is 33.2 Å². The van der Waals surface area contributed by atoms with Gasteiger partial charge >= 0.3 is 0 Å². The Morgan fingerprint density at radius 2 is 1.68 bits per heavy atom. The van der Waals surface area contributed by atoms with Crippen LogP contribution in [-0.4, -0.2) is 13.1 Å². The van der Waals surface area contributed by atoms with Gasteiger partial charge in [-0.2, -0.15) is 0 Å². The predicted octanol–water partition coefficient (Wildman–Crippen LogP) is 6.80. The molecule has 0 spiro atoms. The zero-order valence-electron chi connectivity index (χ0n) is 18.0. The standard InChI is InChI=1S/C25H29NOSi/c1-16-15-26-20(14-19(16)25(2,3)4)17-12-13-22(28(5,6)7)23-18-10-8-9-11-21(18)27-24(17)23/h8-15H,1-7H3. The molecule has 2 aromatic carbocycles. The Morgan fingerprint density at radius 3 is 2.36 bits per heavy atom. The molecule has 0 aliphatic rings. The molecule has 2 aromatic heterocycles. The average molecular weight is 388 g/mol. The molecular formula is C25H29NOSi. The first-order chi connectivity index (χ1) is 13.1. The van der Waals surface area contributed by atoms with Gasteiger partial charge in [0.25, 0.3) is 0 Å². The van der Waals surface area contributed by atoms with Gasteiger partial charge in [0.1, 0.15) is 11.2 Å². The highest BCUT2D eigenvalue weighted by Gasteiger charge is 2.25. The summed E-state index contributed by atoms with van der Waals surface area (Å²) in [4.78, 5) is 4.79. The number of fused-ring (bicyclic) bond motifs is 3. The molecule has 0 aliphatic heterocycles. The second-order valence-electron chi connectivity index (χ2n) is 9.85. The predicted molar refractivity (Wildman–Crippen MR) is 123 cm³/mol. The third-order valence-electron chi connectivity index (χ3n) is 5.52. The second-order valence-corrected chi connectivity index (χ2v) is 14.9. The van der Waals surface area contributed by atoms with Crippen LogP contribution in [-0.2, 0) is 5.41 Å². The maximum absolute atomic E-state index is 6.41. The van der Waals surface area contributed by atoms with Gasteiger partial charge in [-0.15, -0.1) is 0 Å². The van der Waals surface area contributed by atoms with Gasteiger partial charge in [-0.3, -0.25) is 4.98 Å². The van der Waals surface area contributed by atoms with E-state index in [0.717, 1.165) is 22.4 Å². The highest BCUT2D eigenvalue weighted by Crippen LogP contribution is 2.37. The normalized spacial score (nSPS) is 12.8. The Labute approximate surface area is 168 Å². The fourth-order valence-electron chi connectivity index (χ4n) is 4.13. The lowest BCUT2D eigenvalue weighted by Gasteiger charge is -2.22. The van der Waals surface area contributed by atoms with E-state index in [1.807, 2.05) is 12.3 Å². The molecule has 3 heteroatoms. The molecule has 0 saturated carbocycles. The van der Waals surface area contributed by atoms with Crippen molar-refractivity contribution in [3.05, 3.63) is 59.8 Å². The van der Waals surface area contributed by atoms with Gasteiger partial charge in [0.2, 0.25) is 0 Å². The van der Waals surface area contributed by atoms with Crippen LogP contribution in [0.5, 0.6) is 0 Å². The van der Waals surface area contributed by atoms with Crippen LogP contribution in [0.2, 0.25) is 19.6 Å². The lowest BCUT2D eigenvalue weighted by molar-refractivity contribution is 0.585. The molecule has 0 fully saturated rings. The second kappa shape index (κ2) is 6.31. The molecule has 2 heterocycles. The highest BCUT2D eigenvalue weighted by atomic mass is 28.3. The minimum atomic E-state index is -1.53. The molecule has 4 aromatic rings. The third kappa shape index (κ3) is 3.08. The molecule has 0 saturated heterocycles. The lowest BCUT2D eigenvalue weighted by Crippen LogP contribution is -2.37. The van der Waals surface area contributed by atoms with E-state index in [9.17, 15) is 0 Å². The van der Waals surface area contributed by atoms with Crippen molar-refractivity contribution in [2.24, 2.45) is 0 Å². The van der Waals surface area contributed by atoms with Crippen molar-refractivity contribution in [3.8, 4) is 11.3 Å². The number of rotatable bonds is 2. The van der Waals surface area contributed by atoms with Crippen molar-refractivity contribution < 1.29 is 4.42 Å². The number of nitrogens with zero attached hydrogens (tertiary/aromatic N) is 1. The number of para-hydroxylation sites is 1. The minimum Gasteiger partial charge on any atom is -0.455 e. The number of hydrogen-bond acceptors (Lipinski definition) is 2. The van der Waals surface area contributed by atoms with Crippen LogP contribution in [0.1, 0.15) is 31.9 Å². The fraction of sp³-hybridized carbons (Fsp3) is 0.320. The summed E-state index contributed by atoms with van der Waals surface area (Å²) in [5, 5.41) is 3.92. The summed E-state index contributed by atoms with van der Waals surface area (Å²) in [7, 11) is -1.53. The van der Waals surface area contributed by atoms with E-state index < -0.39 is 8.07 Å². The first kappa shape index (κ1) is 18.9. The van der Waals surface area contributed by atoms with Crippen molar-refractivity contribution in [1.29, 1.82) is 0 Å². The third-order valence-corrected chi connectivity index (χ3v) is 7.55. The largest absolute Gasteiger partial charge is 0.455 e. The molecule has 144 valence electrons. The van der Waals surface area contributed by atoms with Crippen molar-refractivity contribution in [3.63, 3.8) is 0 Å². The van der Waals surface area contributed by atoms with Gasteiger partial charge in [-0.25, -0.2) is 0 Å². The van der Waals surface area contributed by atoms with Crippen molar-refractivity contribution >= 4 is 35.2 Å². The SMILES string of the molecule is Cc1cnc(-c2ccc([Si](C)(C)C)c3c2oc2ccccc23)cc1C(C)(C)C. The van der Waals surface area contributed by atoms with E-state index in [2.05, 4.69) is 83.7 Å². The monoisotopic (exact) mass is 387 g/mol. The molecule has 0 atom stereocenters. The van der Waals surface area contributed by atoms with Gasteiger partial charge in [-0.1, -0.05) is 64.7 Å². The number of pyridine rings is 1. The van der Waals surface area contributed by atoms with Crippen LogP contribution in [0.3, 0.4) is 0 Å². The molecule has 0 radical (unpaired) electrons. The first-order valence-corrected chi connectivity index (χ1v) is 13.5. The topological polar surface area (TPSA) is 26.0 Å². The molecule has 28 heavy (non-hydrogen) atoms. The summed E-state index contributed by atoms with van der Waals surface area (Å²) >= 11 is 0.